The van der Waals surface area contributed by atoms with Crippen LogP contribution in [0.1, 0.15) is 45.4 Å². The van der Waals surface area contributed by atoms with Gasteiger partial charge in [-0.25, -0.2) is 0 Å². The van der Waals surface area contributed by atoms with Crippen molar-refractivity contribution < 1.29 is 0 Å². The molecule has 0 aromatic carbocycles. The standard InChI is InChI=1S/C13H26N6/c1-4-13(5-2,19-8-6-7-9-19)11(14)10-12-15-17-18(3)16-12/h11H,4-10,14H2,1-3H3. The van der Waals surface area contributed by atoms with Crippen LogP contribution in [0.4, 0.5) is 0 Å². The van der Waals surface area contributed by atoms with E-state index in [1.54, 1.807) is 7.05 Å². The van der Waals surface area contributed by atoms with Gasteiger partial charge in [-0.1, -0.05) is 13.8 Å². The Bertz CT molecular complexity index is 392. The highest BCUT2D eigenvalue weighted by molar-refractivity contribution is 5.02. The molecule has 1 aromatic heterocycles. The van der Waals surface area contributed by atoms with Crippen molar-refractivity contribution in [1.29, 1.82) is 0 Å². The highest BCUT2D eigenvalue weighted by Crippen LogP contribution is 2.31. The van der Waals surface area contributed by atoms with Crippen LogP contribution in [0.15, 0.2) is 0 Å². The lowest BCUT2D eigenvalue weighted by Crippen LogP contribution is -2.59. The minimum Gasteiger partial charge on any atom is -0.326 e. The molecule has 1 saturated heterocycles. The summed E-state index contributed by atoms with van der Waals surface area (Å²) in [6.45, 7) is 6.82. The van der Waals surface area contributed by atoms with E-state index in [0.29, 0.717) is 6.42 Å². The van der Waals surface area contributed by atoms with Gasteiger partial charge in [-0.15, -0.1) is 10.2 Å². The quantitative estimate of drug-likeness (QED) is 0.822. The molecule has 1 aliphatic heterocycles. The zero-order chi connectivity index (χ0) is 13.9. The van der Waals surface area contributed by atoms with E-state index in [1.165, 1.54) is 30.7 Å². The summed E-state index contributed by atoms with van der Waals surface area (Å²) in [7, 11) is 1.79. The zero-order valence-electron chi connectivity index (χ0n) is 12.3. The van der Waals surface area contributed by atoms with Gasteiger partial charge < -0.3 is 5.73 Å². The van der Waals surface area contributed by atoms with E-state index >= 15 is 0 Å². The van der Waals surface area contributed by atoms with Crippen LogP contribution < -0.4 is 5.73 Å². The predicted molar refractivity (Wildman–Crippen MR) is 74.6 cm³/mol. The van der Waals surface area contributed by atoms with Gasteiger partial charge in [0.25, 0.3) is 0 Å². The van der Waals surface area contributed by atoms with Gasteiger partial charge in [0.15, 0.2) is 5.82 Å². The molecule has 1 aromatic rings. The van der Waals surface area contributed by atoms with Crippen molar-refractivity contribution in [1.82, 2.24) is 25.1 Å². The molecule has 0 saturated carbocycles. The molecule has 1 fully saturated rings. The van der Waals surface area contributed by atoms with Crippen LogP contribution in [0, 0.1) is 0 Å². The van der Waals surface area contributed by atoms with E-state index in [2.05, 4.69) is 34.2 Å². The fourth-order valence-electron chi connectivity index (χ4n) is 3.41. The minimum atomic E-state index is 0.0600. The molecule has 108 valence electrons. The molecule has 1 unspecified atom stereocenters. The van der Waals surface area contributed by atoms with Gasteiger partial charge >= 0.3 is 0 Å². The maximum atomic E-state index is 6.54. The second-order valence-corrected chi connectivity index (χ2v) is 5.51. The number of hydrogen-bond acceptors (Lipinski definition) is 5. The SMILES string of the molecule is CCC(CC)(C(N)Cc1nnn(C)n1)N1CCCC1. The number of aryl methyl sites for hydroxylation is 1. The summed E-state index contributed by atoms with van der Waals surface area (Å²) >= 11 is 0. The highest BCUT2D eigenvalue weighted by Gasteiger charge is 2.40. The lowest BCUT2D eigenvalue weighted by Gasteiger charge is -2.45. The third kappa shape index (κ3) is 2.79. The maximum absolute atomic E-state index is 6.54. The van der Waals surface area contributed by atoms with Crippen LogP contribution in [0.2, 0.25) is 0 Å². The number of likely N-dealkylation sites (tertiary alicyclic amines) is 1. The molecule has 2 heterocycles. The lowest BCUT2D eigenvalue weighted by molar-refractivity contribution is 0.0761. The predicted octanol–water partition coefficient (Wildman–Crippen LogP) is 0.735. The number of nitrogens with two attached hydrogens (primary N) is 1. The van der Waals surface area contributed by atoms with Gasteiger partial charge in [0, 0.05) is 18.0 Å². The number of rotatable bonds is 6. The smallest absolute Gasteiger partial charge is 0.176 e. The fourth-order valence-corrected chi connectivity index (χ4v) is 3.41. The maximum Gasteiger partial charge on any atom is 0.176 e. The van der Waals surface area contributed by atoms with Crippen LogP contribution >= 0.6 is 0 Å². The molecule has 0 aliphatic carbocycles. The van der Waals surface area contributed by atoms with Gasteiger partial charge in [-0.3, -0.25) is 4.90 Å². The highest BCUT2D eigenvalue weighted by atomic mass is 15.6. The minimum absolute atomic E-state index is 0.0600. The first-order valence-corrected chi connectivity index (χ1v) is 7.36. The third-order valence-electron chi connectivity index (χ3n) is 4.60. The number of tetrazole rings is 1. The molecule has 1 aliphatic rings. The summed E-state index contributed by atoms with van der Waals surface area (Å²) in [4.78, 5) is 4.07. The van der Waals surface area contributed by atoms with E-state index in [1.807, 2.05) is 0 Å². The van der Waals surface area contributed by atoms with Gasteiger partial charge in [-0.2, -0.15) is 4.80 Å². The Labute approximate surface area is 115 Å². The van der Waals surface area contributed by atoms with Crippen LogP contribution in [-0.4, -0.2) is 49.8 Å². The average Bonchev–Trinajstić information content (AvgIpc) is 3.04. The Kier molecular flexibility index (Phi) is 4.52. The number of aromatic nitrogens is 4. The van der Waals surface area contributed by atoms with E-state index in [9.17, 15) is 0 Å². The molecule has 6 heteroatoms. The molecule has 2 N–H and O–H groups in total. The monoisotopic (exact) mass is 266 g/mol. The molecular formula is C13H26N6. The molecule has 19 heavy (non-hydrogen) atoms. The van der Waals surface area contributed by atoms with E-state index in [0.717, 1.165) is 18.7 Å². The normalized spacial score (nSPS) is 18.9. The molecule has 0 bridgehead atoms. The van der Waals surface area contributed by atoms with Gasteiger partial charge in [0.2, 0.25) is 0 Å². The Morgan fingerprint density at radius 3 is 2.37 bits per heavy atom. The summed E-state index contributed by atoms with van der Waals surface area (Å²) in [6, 6.07) is 0.0600. The largest absolute Gasteiger partial charge is 0.326 e. The lowest BCUT2D eigenvalue weighted by atomic mass is 9.81. The summed E-state index contributed by atoms with van der Waals surface area (Å²) in [5, 5.41) is 12.2. The van der Waals surface area contributed by atoms with Gasteiger partial charge in [0.05, 0.1) is 7.05 Å². The average molecular weight is 266 g/mol. The Hall–Kier alpha value is -1.01. The number of hydrogen-bond donors (Lipinski definition) is 1. The van der Waals surface area contributed by atoms with Crippen LogP contribution in [-0.2, 0) is 13.5 Å². The Morgan fingerprint density at radius 1 is 1.26 bits per heavy atom. The first-order chi connectivity index (χ1) is 9.12. The van der Waals surface area contributed by atoms with Crippen LogP contribution in [0.25, 0.3) is 0 Å². The van der Waals surface area contributed by atoms with Crippen molar-refractivity contribution in [2.45, 2.75) is 57.5 Å². The summed E-state index contributed by atoms with van der Waals surface area (Å²) < 4.78 is 0. The molecule has 2 rings (SSSR count). The third-order valence-corrected chi connectivity index (χ3v) is 4.60. The Morgan fingerprint density at radius 2 is 1.89 bits per heavy atom. The summed E-state index contributed by atoms with van der Waals surface area (Å²) in [5.74, 6) is 0.750. The second-order valence-electron chi connectivity index (χ2n) is 5.51. The topological polar surface area (TPSA) is 72.9 Å². The second kappa shape index (κ2) is 5.96. The van der Waals surface area contributed by atoms with Crippen molar-refractivity contribution >= 4 is 0 Å². The summed E-state index contributed by atoms with van der Waals surface area (Å²) in [6.07, 6.45) is 5.43. The molecular weight excluding hydrogens is 240 g/mol. The molecule has 0 spiro atoms. The van der Waals surface area contributed by atoms with Crippen LogP contribution in [0.3, 0.4) is 0 Å². The van der Waals surface area contributed by atoms with Gasteiger partial charge in [-0.05, 0) is 44.0 Å². The van der Waals surface area contributed by atoms with Crippen molar-refractivity contribution in [3.05, 3.63) is 5.82 Å². The number of nitrogens with zero attached hydrogens (tertiary/aromatic N) is 5. The van der Waals surface area contributed by atoms with E-state index in [4.69, 9.17) is 5.73 Å². The molecule has 6 nitrogen and oxygen atoms in total. The van der Waals surface area contributed by atoms with Crippen molar-refractivity contribution in [2.24, 2.45) is 12.8 Å². The Balaban J connectivity index is 2.13. The first kappa shape index (κ1) is 14.4. The molecule has 0 radical (unpaired) electrons. The first-order valence-electron chi connectivity index (χ1n) is 7.36. The molecule has 1 atom stereocenters. The van der Waals surface area contributed by atoms with E-state index in [-0.39, 0.29) is 11.6 Å². The van der Waals surface area contributed by atoms with Crippen LogP contribution in [0.5, 0.6) is 0 Å². The van der Waals surface area contributed by atoms with Crippen molar-refractivity contribution in [2.75, 3.05) is 13.1 Å². The summed E-state index contributed by atoms with van der Waals surface area (Å²) in [5.41, 5.74) is 6.62. The molecule has 0 amide bonds. The van der Waals surface area contributed by atoms with Crippen molar-refractivity contribution in [3.63, 3.8) is 0 Å². The van der Waals surface area contributed by atoms with Crippen molar-refractivity contribution in [3.8, 4) is 0 Å². The van der Waals surface area contributed by atoms with Gasteiger partial charge in [0.1, 0.15) is 0 Å². The van der Waals surface area contributed by atoms with E-state index < -0.39 is 0 Å². The zero-order valence-corrected chi connectivity index (χ0v) is 12.3. The fraction of sp³-hybridized carbons (Fsp3) is 0.923.